The normalized spacial score (nSPS) is 11.4. The summed E-state index contributed by atoms with van der Waals surface area (Å²) in [4.78, 5) is 27.2. The van der Waals surface area contributed by atoms with Crippen LogP contribution in [0.2, 0.25) is 0 Å². The Bertz CT molecular complexity index is 950. The number of para-hydroxylation sites is 1. The van der Waals surface area contributed by atoms with E-state index >= 15 is 0 Å². The molecule has 1 amide bonds. The Kier molecular flexibility index (Phi) is 5.31. The SMILES string of the molecule is CC(C)(C)c1ccc(NC(=O)COC(=O)Cc2c[nH]c3ccccc23)cc1. The Morgan fingerprint density at radius 1 is 1.04 bits per heavy atom. The minimum absolute atomic E-state index is 0.0560. The first-order valence-corrected chi connectivity index (χ1v) is 8.94. The molecule has 3 rings (SSSR count). The number of rotatable bonds is 5. The summed E-state index contributed by atoms with van der Waals surface area (Å²) >= 11 is 0. The molecule has 0 fully saturated rings. The Hall–Kier alpha value is -3.08. The highest BCUT2D eigenvalue weighted by molar-refractivity contribution is 5.93. The van der Waals surface area contributed by atoms with Crippen LogP contribution in [0.5, 0.6) is 0 Å². The quantitative estimate of drug-likeness (QED) is 0.667. The highest BCUT2D eigenvalue weighted by atomic mass is 16.5. The number of carbonyl (C=O) groups is 2. The summed E-state index contributed by atoms with van der Waals surface area (Å²) in [5.74, 6) is -0.788. The lowest BCUT2D eigenvalue weighted by Gasteiger charge is -2.19. The number of aromatic nitrogens is 1. The molecular weight excluding hydrogens is 340 g/mol. The molecule has 5 nitrogen and oxygen atoms in total. The summed E-state index contributed by atoms with van der Waals surface area (Å²) < 4.78 is 5.11. The number of nitrogens with one attached hydrogen (secondary N) is 2. The lowest BCUT2D eigenvalue weighted by Crippen LogP contribution is -2.21. The third kappa shape index (κ3) is 4.76. The summed E-state index contributed by atoms with van der Waals surface area (Å²) in [5, 5.41) is 3.73. The second-order valence-corrected chi connectivity index (χ2v) is 7.57. The fourth-order valence-corrected chi connectivity index (χ4v) is 2.88. The van der Waals surface area contributed by atoms with E-state index in [0.717, 1.165) is 16.5 Å². The van der Waals surface area contributed by atoms with Gasteiger partial charge in [-0.2, -0.15) is 0 Å². The van der Waals surface area contributed by atoms with Crippen LogP contribution in [-0.4, -0.2) is 23.5 Å². The predicted octanol–water partition coefficient (Wildman–Crippen LogP) is 4.19. The van der Waals surface area contributed by atoms with Crippen molar-refractivity contribution in [3.8, 4) is 0 Å². The summed E-state index contributed by atoms with van der Waals surface area (Å²) in [6, 6.07) is 15.4. The van der Waals surface area contributed by atoms with Gasteiger partial charge in [0.1, 0.15) is 0 Å². The molecule has 0 spiro atoms. The van der Waals surface area contributed by atoms with Crippen molar-refractivity contribution >= 4 is 28.5 Å². The fourth-order valence-electron chi connectivity index (χ4n) is 2.88. The molecule has 0 saturated heterocycles. The smallest absolute Gasteiger partial charge is 0.310 e. The van der Waals surface area contributed by atoms with Crippen molar-refractivity contribution in [1.29, 1.82) is 0 Å². The van der Waals surface area contributed by atoms with Crippen molar-refractivity contribution in [2.75, 3.05) is 11.9 Å². The van der Waals surface area contributed by atoms with Crippen molar-refractivity contribution in [3.05, 3.63) is 65.9 Å². The van der Waals surface area contributed by atoms with Crippen molar-refractivity contribution < 1.29 is 14.3 Å². The van der Waals surface area contributed by atoms with Crippen LogP contribution in [0.1, 0.15) is 31.9 Å². The van der Waals surface area contributed by atoms with Crippen LogP contribution in [0.4, 0.5) is 5.69 Å². The molecule has 0 unspecified atom stereocenters. The van der Waals surface area contributed by atoms with Gasteiger partial charge in [-0.05, 0) is 34.7 Å². The van der Waals surface area contributed by atoms with Crippen molar-refractivity contribution in [2.24, 2.45) is 0 Å². The van der Waals surface area contributed by atoms with E-state index in [2.05, 4.69) is 31.1 Å². The van der Waals surface area contributed by atoms with Gasteiger partial charge in [-0.1, -0.05) is 51.1 Å². The van der Waals surface area contributed by atoms with E-state index in [1.165, 1.54) is 5.56 Å². The van der Waals surface area contributed by atoms with Gasteiger partial charge in [0.2, 0.25) is 0 Å². The first-order valence-electron chi connectivity index (χ1n) is 8.94. The highest BCUT2D eigenvalue weighted by Crippen LogP contribution is 2.23. The van der Waals surface area contributed by atoms with Crippen LogP contribution in [0.3, 0.4) is 0 Å². The molecule has 2 aromatic carbocycles. The van der Waals surface area contributed by atoms with Crippen LogP contribution in [-0.2, 0) is 26.2 Å². The zero-order valence-corrected chi connectivity index (χ0v) is 15.8. The van der Waals surface area contributed by atoms with E-state index in [0.29, 0.717) is 5.69 Å². The molecule has 0 saturated carbocycles. The molecule has 3 aromatic rings. The van der Waals surface area contributed by atoms with E-state index in [4.69, 9.17) is 4.74 Å². The summed E-state index contributed by atoms with van der Waals surface area (Å²) in [7, 11) is 0. The first kappa shape index (κ1) is 18.7. The second-order valence-electron chi connectivity index (χ2n) is 7.57. The first-order chi connectivity index (χ1) is 12.8. The minimum atomic E-state index is -0.432. The standard InChI is InChI=1S/C22H24N2O3/c1-22(2,3)16-8-10-17(11-9-16)24-20(25)14-27-21(26)12-15-13-23-19-7-5-4-6-18(15)19/h4-11,13,23H,12,14H2,1-3H3,(H,24,25). The van der Waals surface area contributed by atoms with Crippen molar-refractivity contribution in [3.63, 3.8) is 0 Å². The lowest BCUT2D eigenvalue weighted by atomic mass is 9.87. The third-order valence-electron chi connectivity index (χ3n) is 4.41. The van der Waals surface area contributed by atoms with Crippen LogP contribution < -0.4 is 5.32 Å². The average Bonchev–Trinajstić information content (AvgIpc) is 3.03. The molecule has 1 heterocycles. The molecule has 140 valence electrons. The van der Waals surface area contributed by atoms with Crippen LogP contribution in [0.15, 0.2) is 54.7 Å². The van der Waals surface area contributed by atoms with Gasteiger partial charge >= 0.3 is 5.97 Å². The zero-order chi connectivity index (χ0) is 19.4. The van der Waals surface area contributed by atoms with Gasteiger partial charge < -0.3 is 15.0 Å². The number of benzene rings is 2. The molecule has 0 aliphatic rings. The number of amides is 1. The van der Waals surface area contributed by atoms with Crippen molar-refractivity contribution in [1.82, 2.24) is 4.98 Å². The summed E-state index contributed by atoms with van der Waals surface area (Å²) in [6.45, 7) is 6.09. The van der Waals surface area contributed by atoms with E-state index in [9.17, 15) is 9.59 Å². The van der Waals surface area contributed by atoms with E-state index in [-0.39, 0.29) is 24.3 Å². The number of carbonyl (C=O) groups excluding carboxylic acids is 2. The fraction of sp³-hybridized carbons (Fsp3) is 0.273. The zero-order valence-electron chi connectivity index (χ0n) is 15.8. The number of hydrogen-bond acceptors (Lipinski definition) is 3. The Labute approximate surface area is 158 Å². The Morgan fingerprint density at radius 3 is 2.44 bits per heavy atom. The van der Waals surface area contributed by atoms with E-state index in [1.54, 1.807) is 6.20 Å². The van der Waals surface area contributed by atoms with Gasteiger partial charge in [0.15, 0.2) is 6.61 Å². The topological polar surface area (TPSA) is 71.2 Å². The van der Waals surface area contributed by atoms with Gasteiger partial charge in [0, 0.05) is 22.8 Å². The largest absolute Gasteiger partial charge is 0.455 e. The Balaban J connectivity index is 1.51. The molecule has 0 atom stereocenters. The average molecular weight is 364 g/mol. The van der Waals surface area contributed by atoms with Crippen LogP contribution in [0.25, 0.3) is 10.9 Å². The molecule has 27 heavy (non-hydrogen) atoms. The van der Waals surface area contributed by atoms with Gasteiger partial charge in [0.05, 0.1) is 6.42 Å². The van der Waals surface area contributed by atoms with Crippen LogP contribution >= 0.6 is 0 Å². The minimum Gasteiger partial charge on any atom is -0.455 e. The van der Waals surface area contributed by atoms with Gasteiger partial charge in [-0.3, -0.25) is 9.59 Å². The van der Waals surface area contributed by atoms with Gasteiger partial charge in [-0.25, -0.2) is 0 Å². The van der Waals surface area contributed by atoms with E-state index < -0.39 is 5.97 Å². The number of anilines is 1. The van der Waals surface area contributed by atoms with Crippen molar-refractivity contribution in [2.45, 2.75) is 32.6 Å². The second kappa shape index (κ2) is 7.66. The number of esters is 1. The molecule has 0 aliphatic carbocycles. The highest BCUT2D eigenvalue weighted by Gasteiger charge is 2.14. The number of aromatic amines is 1. The number of ether oxygens (including phenoxy) is 1. The third-order valence-corrected chi connectivity index (χ3v) is 4.41. The number of H-pyrrole nitrogens is 1. The molecule has 2 N–H and O–H groups in total. The molecule has 1 aromatic heterocycles. The molecule has 0 bridgehead atoms. The molecule has 0 aliphatic heterocycles. The number of fused-ring (bicyclic) bond motifs is 1. The van der Waals surface area contributed by atoms with E-state index in [1.807, 2.05) is 48.5 Å². The molecular formula is C22H24N2O3. The monoisotopic (exact) mass is 364 g/mol. The number of hydrogen-bond donors (Lipinski definition) is 2. The van der Waals surface area contributed by atoms with Crippen LogP contribution in [0, 0.1) is 0 Å². The lowest BCUT2D eigenvalue weighted by molar-refractivity contribution is -0.146. The molecule has 5 heteroatoms. The maximum Gasteiger partial charge on any atom is 0.310 e. The van der Waals surface area contributed by atoms with Gasteiger partial charge in [0.25, 0.3) is 5.91 Å². The predicted molar refractivity (Wildman–Crippen MR) is 107 cm³/mol. The summed E-state index contributed by atoms with van der Waals surface area (Å²) in [6.07, 6.45) is 1.92. The Morgan fingerprint density at radius 2 is 1.74 bits per heavy atom. The maximum atomic E-state index is 12.0. The molecule has 0 radical (unpaired) electrons. The summed E-state index contributed by atoms with van der Waals surface area (Å²) in [5.41, 5.74) is 3.75. The maximum absolute atomic E-state index is 12.0. The van der Waals surface area contributed by atoms with Gasteiger partial charge in [-0.15, -0.1) is 0 Å².